The van der Waals surface area contributed by atoms with Gasteiger partial charge in [-0.25, -0.2) is 4.79 Å². The number of urea groups is 1. The first-order chi connectivity index (χ1) is 10.2. The topological polar surface area (TPSA) is 60.0 Å². The number of hydrogen-bond donors (Lipinski definition) is 1. The van der Waals surface area contributed by atoms with E-state index >= 15 is 0 Å². The van der Waals surface area contributed by atoms with Crippen LogP contribution in [0.25, 0.3) is 0 Å². The Kier molecular flexibility index (Phi) is 4.15. The second kappa shape index (κ2) is 6.22. The van der Waals surface area contributed by atoms with Gasteiger partial charge in [0, 0.05) is 13.1 Å². The van der Waals surface area contributed by atoms with Gasteiger partial charge in [-0.2, -0.15) is 0 Å². The molecule has 0 bridgehead atoms. The lowest BCUT2D eigenvalue weighted by Crippen LogP contribution is -2.51. The van der Waals surface area contributed by atoms with Crippen molar-refractivity contribution < 1.29 is 19.0 Å². The van der Waals surface area contributed by atoms with Crippen molar-refractivity contribution in [2.45, 2.75) is 19.4 Å². The molecule has 0 saturated carbocycles. The van der Waals surface area contributed by atoms with Gasteiger partial charge in [-0.15, -0.1) is 0 Å². The fourth-order valence-electron chi connectivity index (χ4n) is 2.54. The van der Waals surface area contributed by atoms with Crippen molar-refractivity contribution in [3.05, 3.63) is 23.8 Å². The third-order valence-electron chi connectivity index (χ3n) is 3.76. The van der Waals surface area contributed by atoms with Crippen LogP contribution in [0.5, 0.6) is 11.5 Å². The van der Waals surface area contributed by atoms with Crippen LogP contribution in [0.3, 0.4) is 0 Å². The molecule has 1 unspecified atom stereocenters. The van der Waals surface area contributed by atoms with Crippen molar-refractivity contribution in [1.82, 2.24) is 10.2 Å². The van der Waals surface area contributed by atoms with Gasteiger partial charge in [0.25, 0.3) is 0 Å². The van der Waals surface area contributed by atoms with Gasteiger partial charge < -0.3 is 24.4 Å². The summed E-state index contributed by atoms with van der Waals surface area (Å²) in [5.74, 6) is 1.56. The van der Waals surface area contributed by atoms with Gasteiger partial charge in [-0.1, -0.05) is 6.07 Å². The van der Waals surface area contributed by atoms with E-state index in [0.717, 1.165) is 23.5 Å². The number of nitrogens with zero attached hydrogens (tertiary/aromatic N) is 1. The van der Waals surface area contributed by atoms with E-state index in [1.807, 2.05) is 30.0 Å². The number of carbonyl (C=O) groups is 1. The molecule has 1 fully saturated rings. The van der Waals surface area contributed by atoms with E-state index in [4.69, 9.17) is 14.2 Å². The Bertz CT molecular complexity index is 520. The fourth-order valence-corrected chi connectivity index (χ4v) is 2.54. The second-order valence-corrected chi connectivity index (χ2v) is 5.29. The molecular formula is C15H20N2O4. The average molecular weight is 292 g/mol. The monoisotopic (exact) mass is 292 g/mol. The van der Waals surface area contributed by atoms with E-state index in [-0.39, 0.29) is 18.9 Å². The SMILES string of the molecule is CC1COCCN1C(=O)NCCc1ccc2c(c1)OCO2. The number of carbonyl (C=O) groups excluding carboxylic acids is 1. The molecule has 2 aliphatic heterocycles. The summed E-state index contributed by atoms with van der Waals surface area (Å²) in [6.07, 6.45) is 0.765. The summed E-state index contributed by atoms with van der Waals surface area (Å²) in [5, 5.41) is 2.96. The summed E-state index contributed by atoms with van der Waals surface area (Å²) in [4.78, 5) is 13.9. The molecule has 1 aromatic carbocycles. The van der Waals surface area contributed by atoms with Crippen LogP contribution in [-0.4, -0.2) is 50.1 Å². The summed E-state index contributed by atoms with van der Waals surface area (Å²) in [7, 11) is 0. The van der Waals surface area contributed by atoms with Crippen LogP contribution in [0.15, 0.2) is 18.2 Å². The number of rotatable bonds is 3. The molecule has 3 rings (SSSR count). The third kappa shape index (κ3) is 3.21. The second-order valence-electron chi connectivity index (χ2n) is 5.29. The van der Waals surface area contributed by atoms with Gasteiger partial charge in [-0.3, -0.25) is 0 Å². The van der Waals surface area contributed by atoms with Gasteiger partial charge in [0.15, 0.2) is 11.5 Å². The Hall–Kier alpha value is -1.95. The Morgan fingerprint density at radius 2 is 2.24 bits per heavy atom. The maximum Gasteiger partial charge on any atom is 0.317 e. The van der Waals surface area contributed by atoms with Crippen LogP contribution >= 0.6 is 0 Å². The van der Waals surface area contributed by atoms with Gasteiger partial charge in [0.1, 0.15) is 0 Å². The summed E-state index contributed by atoms with van der Waals surface area (Å²) < 4.78 is 16.0. The summed E-state index contributed by atoms with van der Waals surface area (Å²) in [6.45, 7) is 4.75. The number of benzene rings is 1. The Balaban J connectivity index is 1.48. The smallest absolute Gasteiger partial charge is 0.317 e. The molecule has 2 aliphatic rings. The molecule has 1 N–H and O–H groups in total. The van der Waals surface area contributed by atoms with Crippen LogP contribution in [0, 0.1) is 0 Å². The summed E-state index contributed by atoms with van der Waals surface area (Å²) in [5.41, 5.74) is 1.12. The standard InChI is InChI=1S/C15H20N2O4/c1-11-9-19-7-6-17(11)15(18)16-5-4-12-2-3-13-14(8-12)21-10-20-13/h2-3,8,11H,4-7,9-10H2,1H3,(H,16,18). The van der Waals surface area contributed by atoms with Gasteiger partial charge >= 0.3 is 6.03 Å². The quantitative estimate of drug-likeness (QED) is 0.914. The minimum Gasteiger partial charge on any atom is -0.454 e. The fraction of sp³-hybridized carbons (Fsp3) is 0.533. The normalized spacial score (nSPS) is 20.4. The maximum atomic E-state index is 12.1. The Labute approximate surface area is 124 Å². The largest absolute Gasteiger partial charge is 0.454 e. The molecule has 6 nitrogen and oxygen atoms in total. The van der Waals surface area contributed by atoms with E-state index < -0.39 is 0 Å². The Morgan fingerprint density at radius 3 is 3.10 bits per heavy atom. The van der Waals surface area contributed by atoms with Crippen molar-refractivity contribution in [1.29, 1.82) is 0 Å². The maximum absolute atomic E-state index is 12.1. The number of amides is 2. The van der Waals surface area contributed by atoms with E-state index in [0.29, 0.717) is 26.3 Å². The van der Waals surface area contributed by atoms with E-state index in [2.05, 4.69) is 5.32 Å². The third-order valence-corrected chi connectivity index (χ3v) is 3.76. The molecule has 114 valence electrons. The predicted molar refractivity (Wildman–Crippen MR) is 76.7 cm³/mol. The van der Waals surface area contributed by atoms with Crippen LogP contribution in [0.2, 0.25) is 0 Å². The summed E-state index contributed by atoms with van der Waals surface area (Å²) in [6, 6.07) is 5.97. The number of morpholine rings is 1. The molecule has 1 saturated heterocycles. The van der Waals surface area contributed by atoms with Crippen molar-refractivity contribution in [3.63, 3.8) is 0 Å². The van der Waals surface area contributed by atoms with Gasteiger partial charge in [0.2, 0.25) is 6.79 Å². The molecule has 2 heterocycles. The predicted octanol–water partition coefficient (Wildman–Crippen LogP) is 1.39. The minimum absolute atomic E-state index is 0.0217. The van der Waals surface area contributed by atoms with Crippen LogP contribution < -0.4 is 14.8 Å². The van der Waals surface area contributed by atoms with E-state index in [1.54, 1.807) is 0 Å². The molecule has 1 atom stereocenters. The minimum atomic E-state index is -0.0217. The van der Waals surface area contributed by atoms with Crippen LogP contribution in [0.4, 0.5) is 4.79 Å². The number of nitrogens with one attached hydrogen (secondary N) is 1. The molecular weight excluding hydrogens is 272 g/mol. The molecule has 0 aliphatic carbocycles. The number of ether oxygens (including phenoxy) is 3. The van der Waals surface area contributed by atoms with Gasteiger partial charge in [0.05, 0.1) is 19.3 Å². The highest BCUT2D eigenvalue weighted by Crippen LogP contribution is 2.32. The highest BCUT2D eigenvalue weighted by Gasteiger charge is 2.23. The lowest BCUT2D eigenvalue weighted by Gasteiger charge is -2.33. The lowest BCUT2D eigenvalue weighted by atomic mass is 10.1. The van der Waals surface area contributed by atoms with Crippen LogP contribution in [0.1, 0.15) is 12.5 Å². The highest BCUT2D eigenvalue weighted by molar-refractivity contribution is 5.74. The molecule has 0 radical (unpaired) electrons. The molecule has 6 heteroatoms. The van der Waals surface area contributed by atoms with Crippen molar-refractivity contribution in [2.24, 2.45) is 0 Å². The van der Waals surface area contributed by atoms with Crippen molar-refractivity contribution >= 4 is 6.03 Å². The summed E-state index contributed by atoms with van der Waals surface area (Å²) >= 11 is 0. The lowest BCUT2D eigenvalue weighted by molar-refractivity contribution is 0.0191. The molecule has 1 aromatic rings. The first kappa shape index (κ1) is 14.0. The number of fused-ring (bicyclic) bond motifs is 1. The van der Waals surface area contributed by atoms with E-state index in [1.165, 1.54) is 0 Å². The molecule has 0 spiro atoms. The average Bonchev–Trinajstić information content (AvgIpc) is 2.95. The van der Waals surface area contributed by atoms with Gasteiger partial charge in [-0.05, 0) is 31.0 Å². The van der Waals surface area contributed by atoms with Crippen molar-refractivity contribution in [2.75, 3.05) is 33.1 Å². The molecule has 2 amide bonds. The molecule has 0 aromatic heterocycles. The first-order valence-electron chi connectivity index (χ1n) is 7.25. The van der Waals surface area contributed by atoms with E-state index in [9.17, 15) is 4.79 Å². The zero-order chi connectivity index (χ0) is 14.7. The Morgan fingerprint density at radius 1 is 1.38 bits per heavy atom. The highest BCUT2D eigenvalue weighted by atomic mass is 16.7. The number of hydrogen-bond acceptors (Lipinski definition) is 4. The zero-order valence-electron chi connectivity index (χ0n) is 12.1. The zero-order valence-corrected chi connectivity index (χ0v) is 12.1. The molecule has 21 heavy (non-hydrogen) atoms. The van der Waals surface area contributed by atoms with Crippen molar-refractivity contribution in [3.8, 4) is 11.5 Å². The first-order valence-corrected chi connectivity index (χ1v) is 7.25. The van der Waals surface area contributed by atoms with Crippen LogP contribution in [-0.2, 0) is 11.2 Å².